The van der Waals surface area contributed by atoms with Gasteiger partial charge in [-0.3, -0.25) is 0 Å². The van der Waals surface area contributed by atoms with Crippen molar-refractivity contribution in [1.82, 2.24) is 10.3 Å². The van der Waals surface area contributed by atoms with Crippen molar-refractivity contribution in [2.75, 3.05) is 19.8 Å². The number of ether oxygens (including phenoxy) is 1. The van der Waals surface area contributed by atoms with Crippen LogP contribution in [0.5, 0.6) is 0 Å². The van der Waals surface area contributed by atoms with Crippen LogP contribution in [0.4, 0.5) is 0 Å². The average molecular weight is 210 g/mol. The van der Waals surface area contributed by atoms with Crippen molar-refractivity contribution >= 4 is 0 Å². The smallest absolute Gasteiger partial charge is 0.213 e. The Kier molecular flexibility index (Phi) is 3.38. The van der Waals surface area contributed by atoms with Crippen LogP contribution in [0, 0.1) is 5.92 Å². The van der Waals surface area contributed by atoms with Crippen molar-refractivity contribution < 1.29 is 9.15 Å². The summed E-state index contributed by atoms with van der Waals surface area (Å²) in [7, 11) is 0. The fourth-order valence-electron chi connectivity index (χ4n) is 1.72. The van der Waals surface area contributed by atoms with Crippen molar-refractivity contribution in [2.24, 2.45) is 5.92 Å². The highest BCUT2D eigenvalue weighted by molar-refractivity contribution is 5.01. The zero-order valence-electron chi connectivity index (χ0n) is 9.32. The summed E-state index contributed by atoms with van der Waals surface area (Å²) in [5.41, 5.74) is 1.03. The molecule has 4 nitrogen and oxygen atoms in total. The zero-order valence-corrected chi connectivity index (χ0v) is 9.32. The number of hydrogen-bond acceptors (Lipinski definition) is 4. The SMILES string of the molecule is CC(C)Cc1coc(C2COCCN2)n1. The minimum atomic E-state index is 0.125. The predicted octanol–water partition coefficient (Wildman–Crippen LogP) is 1.53. The summed E-state index contributed by atoms with van der Waals surface area (Å²) in [6.07, 6.45) is 2.72. The number of oxazole rings is 1. The molecule has 1 N–H and O–H groups in total. The lowest BCUT2D eigenvalue weighted by Crippen LogP contribution is -2.34. The molecule has 15 heavy (non-hydrogen) atoms. The fourth-order valence-corrected chi connectivity index (χ4v) is 1.72. The number of hydrogen-bond donors (Lipinski definition) is 1. The molecule has 0 spiro atoms. The van der Waals surface area contributed by atoms with Crippen LogP contribution in [0.3, 0.4) is 0 Å². The van der Waals surface area contributed by atoms with Gasteiger partial charge in [0.05, 0.1) is 18.9 Å². The van der Waals surface area contributed by atoms with E-state index in [0.29, 0.717) is 12.5 Å². The van der Waals surface area contributed by atoms with E-state index in [1.54, 1.807) is 6.26 Å². The van der Waals surface area contributed by atoms with Crippen LogP contribution in [0.1, 0.15) is 31.5 Å². The third kappa shape index (κ3) is 2.79. The van der Waals surface area contributed by atoms with Crippen LogP contribution < -0.4 is 5.32 Å². The minimum absolute atomic E-state index is 0.125. The van der Waals surface area contributed by atoms with Gasteiger partial charge in [-0.25, -0.2) is 4.98 Å². The normalized spacial score (nSPS) is 22.2. The second-order valence-corrected chi connectivity index (χ2v) is 4.36. The second kappa shape index (κ2) is 4.77. The molecular formula is C11H18N2O2. The molecule has 1 aliphatic heterocycles. The van der Waals surface area contributed by atoms with Gasteiger partial charge in [-0.05, 0) is 12.3 Å². The first kappa shape index (κ1) is 10.6. The molecule has 2 rings (SSSR count). The maximum absolute atomic E-state index is 5.45. The number of aromatic nitrogens is 1. The molecule has 1 fully saturated rings. The topological polar surface area (TPSA) is 47.3 Å². The molecule has 1 aromatic rings. The lowest BCUT2D eigenvalue weighted by atomic mass is 10.1. The first-order chi connectivity index (χ1) is 7.25. The van der Waals surface area contributed by atoms with Gasteiger partial charge in [0.25, 0.3) is 0 Å². The fraction of sp³-hybridized carbons (Fsp3) is 0.727. The Balaban J connectivity index is 1.99. The van der Waals surface area contributed by atoms with E-state index in [1.807, 2.05) is 0 Å². The third-order valence-corrected chi connectivity index (χ3v) is 2.41. The molecule has 0 bridgehead atoms. The van der Waals surface area contributed by atoms with Gasteiger partial charge in [-0.2, -0.15) is 0 Å². The van der Waals surface area contributed by atoms with Gasteiger partial charge in [-0.15, -0.1) is 0 Å². The lowest BCUT2D eigenvalue weighted by Gasteiger charge is -2.20. The van der Waals surface area contributed by atoms with Gasteiger partial charge in [0.2, 0.25) is 5.89 Å². The molecule has 2 heterocycles. The average Bonchev–Trinajstić information content (AvgIpc) is 2.67. The van der Waals surface area contributed by atoms with Crippen molar-refractivity contribution in [1.29, 1.82) is 0 Å². The highest BCUT2D eigenvalue weighted by Crippen LogP contribution is 2.16. The molecule has 0 aliphatic carbocycles. The van der Waals surface area contributed by atoms with E-state index in [-0.39, 0.29) is 6.04 Å². The molecule has 1 saturated heterocycles. The lowest BCUT2D eigenvalue weighted by molar-refractivity contribution is 0.0681. The van der Waals surface area contributed by atoms with E-state index in [1.165, 1.54) is 0 Å². The summed E-state index contributed by atoms with van der Waals surface area (Å²) in [6, 6.07) is 0.125. The van der Waals surface area contributed by atoms with Crippen molar-refractivity contribution in [2.45, 2.75) is 26.3 Å². The van der Waals surface area contributed by atoms with Gasteiger partial charge in [0.1, 0.15) is 12.3 Å². The minimum Gasteiger partial charge on any atom is -0.447 e. The largest absolute Gasteiger partial charge is 0.447 e. The summed E-state index contributed by atoms with van der Waals surface area (Å²) in [4.78, 5) is 4.46. The number of rotatable bonds is 3. The van der Waals surface area contributed by atoms with Crippen LogP contribution in [0.15, 0.2) is 10.7 Å². The van der Waals surface area contributed by atoms with Crippen LogP contribution in [-0.4, -0.2) is 24.7 Å². The molecule has 1 aromatic heterocycles. The number of nitrogens with one attached hydrogen (secondary N) is 1. The van der Waals surface area contributed by atoms with E-state index >= 15 is 0 Å². The molecule has 1 unspecified atom stereocenters. The van der Waals surface area contributed by atoms with Gasteiger partial charge in [-0.1, -0.05) is 13.8 Å². The summed E-state index contributed by atoms with van der Waals surface area (Å²) < 4.78 is 10.8. The molecule has 0 amide bonds. The first-order valence-electron chi connectivity index (χ1n) is 5.51. The Hall–Kier alpha value is -0.870. The zero-order chi connectivity index (χ0) is 10.7. The van der Waals surface area contributed by atoms with Crippen molar-refractivity contribution in [3.05, 3.63) is 17.8 Å². The summed E-state index contributed by atoms with van der Waals surface area (Å²) in [6.45, 7) is 6.65. The number of morpholine rings is 1. The first-order valence-corrected chi connectivity index (χ1v) is 5.51. The van der Waals surface area contributed by atoms with E-state index < -0.39 is 0 Å². The predicted molar refractivity (Wildman–Crippen MR) is 56.6 cm³/mol. The Labute approximate surface area is 90.0 Å². The molecule has 0 aromatic carbocycles. The number of nitrogens with zero attached hydrogens (tertiary/aromatic N) is 1. The highest BCUT2D eigenvalue weighted by Gasteiger charge is 2.20. The van der Waals surface area contributed by atoms with Crippen LogP contribution in [0.2, 0.25) is 0 Å². The van der Waals surface area contributed by atoms with Crippen LogP contribution in [0.25, 0.3) is 0 Å². The summed E-state index contributed by atoms with van der Waals surface area (Å²) in [5, 5.41) is 3.32. The molecule has 1 aliphatic rings. The van der Waals surface area contributed by atoms with E-state index in [2.05, 4.69) is 24.1 Å². The quantitative estimate of drug-likeness (QED) is 0.822. The Morgan fingerprint density at radius 3 is 3.13 bits per heavy atom. The van der Waals surface area contributed by atoms with Gasteiger partial charge < -0.3 is 14.5 Å². The molecule has 1 atom stereocenters. The molecule has 84 valence electrons. The molecule has 4 heteroatoms. The molecule has 0 saturated carbocycles. The maximum atomic E-state index is 5.45. The molecular weight excluding hydrogens is 192 g/mol. The Morgan fingerprint density at radius 2 is 2.47 bits per heavy atom. The molecule has 0 radical (unpaired) electrons. The summed E-state index contributed by atoms with van der Waals surface area (Å²) >= 11 is 0. The Bertz CT molecular complexity index is 303. The monoisotopic (exact) mass is 210 g/mol. The van der Waals surface area contributed by atoms with Gasteiger partial charge >= 0.3 is 0 Å². The van der Waals surface area contributed by atoms with Crippen LogP contribution >= 0.6 is 0 Å². The Morgan fingerprint density at radius 1 is 1.60 bits per heavy atom. The summed E-state index contributed by atoms with van der Waals surface area (Å²) in [5.74, 6) is 1.36. The van der Waals surface area contributed by atoms with E-state index in [4.69, 9.17) is 9.15 Å². The van der Waals surface area contributed by atoms with Gasteiger partial charge in [0, 0.05) is 6.54 Å². The van der Waals surface area contributed by atoms with E-state index in [9.17, 15) is 0 Å². The van der Waals surface area contributed by atoms with E-state index in [0.717, 1.165) is 31.2 Å². The van der Waals surface area contributed by atoms with Gasteiger partial charge in [0.15, 0.2) is 0 Å². The third-order valence-electron chi connectivity index (χ3n) is 2.41. The maximum Gasteiger partial charge on any atom is 0.213 e. The van der Waals surface area contributed by atoms with Crippen LogP contribution in [-0.2, 0) is 11.2 Å². The second-order valence-electron chi connectivity index (χ2n) is 4.36. The van der Waals surface area contributed by atoms with Crippen molar-refractivity contribution in [3.8, 4) is 0 Å². The highest BCUT2D eigenvalue weighted by atomic mass is 16.5. The van der Waals surface area contributed by atoms with Crippen molar-refractivity contribution in [3.63, 3.8) is 0 Å². The standard InChI is InChI=1S/C11H18N2O2/c1-8(2)5-9-6-15-11(13-9)10-7-14-4-3-12-10/h6,8,10,12H,3-5,7H2,1-2H3.